The van der Waals surface area contributed by atoms with Gasteiger partial charge in [0.15, 0.2) is 0 Å². The summed E-state index contributed by atoms with van der Waals surface area (Å²) in [7, 11) is 0. The number of nitrogens with one attached hydrogen (secondary N) is 1. The van der Waals surface area contributed by atoms with Crippen molar-refractivity contribution in [3.05, 3.63) is 0 Å². The van der Waals surface area contributed by atoms with Gasteiger partial charge in [0.1, 0.15) is 5.54 Å². The largest absolute Gasteiger partial charge is 0.465 e. The fourth-order valence-electron chi connectivity index (χ4n) is 2.71. The van der Waals surface area contributed by atoms with Gasteiger partial charge in [-0.25, -0.2) is 0 Å². The summed E-state index contributed by atoms with van der Waals surface area (Å²) < 4.78 is 5.24. The standard InChI is InChI=1S/C17H36N2O2/c1-8-19(13-14(3)4)12-10-11-17(7,18-15(5)6)16(20)21-9-2/h14-15,18H,8-13H2,1-7H3. The van der Waals surface area contributed by atoms with Gasteiger partial charge in [-0.2, -0.15) is 0 Å². The lowest BCUT2D eigenvalue weighted by molar-refractivity contribution is -0.151. The van der Waals surface area contributed by atoms with Crippen molar-refractivity contribution in [3.8, 4) is 0 Å². The van der Waals surface area contributed by atoms with E-state index in [1.807, 2.05) is 13.8 Å². The molecule has 21 heavy (non-hydrogen) atoms. The van der Waals surface area contributed by atoms with E-state index in [1.54, 1.807) is 0 Å². The second kappa shape index (κ2) is 10.2. The van der Waals surface area contributed by atoms with Gasteiger partial charge >= 0.3 is 5.97 Å². The predicted octanol–water partition coefficient (Wildman–Crippen LogP) is 3.06. The molecule has 0 rings (SSSR count). The maximum Gasteiger partial charge on any atom is 0.326 e. The number of hydrogen-bond donors (Lipinski definition) is 1. The summed E-state index contributed by atoms with van der Waals surface area (Å²) in [6.07, 6.45) is 1.80. The molecule has 0 saturated carbocycles. The van der Waals surface area contributed by atoms with Gasteiger partial charge in [-0.05, 0) is 59.5 Å². The maximum absolute atomic E-state index is 12.2. The molecule has 0 aromatic heterocycles. The van der Waals surface area contributed by atoms with Gasteiger partial charge in [0.25, 0.3) is 0 Å². The van der Waals surface area contributed by atoms with Gasteiger partial charge in [-0.3, -0.25) is 10.1 Å². The number of carbonyl (C=O) groups is 1. The van der Waals surface area contributed by atoms with Crippen molar-refractivity contribution in [2.75, 3.05) is 26.2 Å². The molecular weight excluding hydrogens is 264 g/mol. The first-order valence-electron chi connectivity index (χ1n) is 8.42. The number of nitrogens with zero attached hydrogens (tertiary/aromatic N) is 1. The average molecular weight is 300 g/mol. The minimum absolute atomic E-state index is 0.134. The molecule has 1 atom stereocenters. The van der Waals surface area contributed by atoms with E-state index in [4.69, 9.17) is 4.74 Å². The lowest BCUT2D eigenvalue weighted by Gasteiger charge is -2.32. The van der Waals surface area contributed by atoms with Crippen LogP contribution in [0.2, 0.25) is 0 Å². The van der Waals surface area contributed by atoms with Gasteiger partial charge in [0.2, 0.25) is 0 Å². The first-order valence-corrected chi connectivity index (χ1v) is 8.42. The highest BCUT2D eigenvalue weighted by molar-refractivity contribution is 5.80. The second-order valence-electron chi connectivity index (χ2n) is 6.74. The third-order valence-corrected chi connectivity index (χ3v) is 3.55. The number of hydrogen-bond acceptors (Lipinski definition) is 4. The Bertz CT molecular complexity index is 293. The van der Waals surface area contributed by atoms with Gasteiger partial charge < -0.3 is 9.64 Å². The molecule has 0 aromatic rings. The van der Waals surface area contributed by atoms with Crippen LogP contribution in [0.25, 0.3) is 0 Å². The Morgan fingerprint density at radius 3 is 2.29 bits per heavy atom. The van der Waals surface area contributed by atoms with Crippen molar-refractivity contribution in [3.63, 3.8) is 0 Å². The minimum atomic E-state index is -0.582. The zero-order chi connectivity index (χ0) is 16.5. The monoisotopic (exact) mass is 300 g/mol. The highest BCUT2D eigenvalue weighted by atomic mass is 16.5. The topological polar surface area (TPSA) is 41.6 Å². The molecule has 0 heterocycles. The predicted molar refractivity (Wildman–Crippen MR) is 89.5 cm³/mol. The average Bonchev–Trinajstić information content (AvgIpc) is 2.36. The van der Waals surface area contributed by atoms with E-state index >= 15 is 0 Å². The highest BCUT2D eigenvalue weighted by Gasteiger charge is 2.34. The molecule has 0 fully saturated rings. The van der Waals surface area contributed by atoms with Crippen molar-refractivity contribution in [2.24, 2.45) is 5.92 Å². The van der Waals surface area contributed by atoms with E-state index in [2.05, 4.69) is 44.8 Å². The molecule has 1 unspecified atom stereocenters. The molecule has 0 aromatic carbocycles. The second-order valence-corrected chi connectivity index (χ2v) is 6.74. The Balaban J connectivity index is 4.51. The normalized spacial score (nSPS) is 14.8. The quantitative estimate of drug-likeness (QED) is 0.595. The number of rotatable bonds is 11. The Hall–Kier alpha value is -0.610. The van der Waals surface area contributed by atoms with E-state index in [-0.39, 0.29) is 12.0 Å². The fraction of sp³-hybridized carbons (Fsp3) is 0.941. The molecular formula is C17H36N2O2. The molecule has 1 N–H and O–H groups in total. The molecule has 4 heteroatoms. The highest BCUT2D eigenvalue weighted by Crippen LogP contribution is 2.17. The van der Waals surface area contributed by atoms with E-state index < -0.39 is 5.54 Å². The van der Waals surface area contributed by atoms with Crippen molar-refractivity contribution in [1.29, 1.82) is 0 Å². The number of ether oxygens (including phenoxy) is 1. The lowest BCUT2D eigenvalue weighted by Crippen LogP contribution is -2.53. The summed E-state index contributed by atoms with van der Waals surface area (Å²) in [5, 5.41) is 3.38. The van der Waals surface area contributed by atoms with Crippen LogP contribution in [0.5, 0.6) is 0 Å². The summed E-state index contributed by atoms with van der Waals surface area (Å²) in [4.78, 5) is 14.7. The lowest BCUT2D eigenvalue weighted by atomic mass is 9.94. The molecule has 0 aliphatic carbocycles. The smallest absolute Gasteiger partial charge is 0.326 e. The van der Waals surface area contributed by atoms with Crippen molar-refractivity contribution >= 4 is 5.97 Å². The molecule has 0 bridgehead atoms. The van der Waals surface area contributed by atoms with E-state index in [1.165, 1.54) is 0 Å². The van der Waals surface area contributed by atoms with Crippen LogP contribution in [0, 0.1) is 5.92 Å². The van der Waals surface area contributed by atoms with Crippen LogP contribution in [-0.4, -0.2) is 48.7 Å². The zero-order valence-electron chi connectivity index (χ0n) is 15.2. The third kappa shape index (κ3) is 8.42. The summed E-state index contributed by atoms with van der Waals surface area (Å²) >= 11 is 0. The molecule has 0 saturated heterocycles. The SMILES string of the molecule is CCOC(=O)C(C)(CCCN(CC)CC(C)C)NC(C)C. The third-order valence-electron chi connectivity index (χ3n) is 3.55. The summed E-state index contributed by atoms with van der Waals surface area (Å²) in [5.41, 5.74) is -0.582. The van der Waals surface area contributed by atoms with Crippen molar-refractivity contribution in [2.45, 2.75) is 72.9 Å². The van der Waals surface area contributed by atoms with Crippen LogP contribution < -0.4 is 5.32 Å². The molecule has 0 aliphatic rings. The fourth-order valence-corrected chi connectivity index (χ4v) is 2.71. The first kappa shape index (κ1) is 20.4. The van der Waals surface area contributed by atoms with Crippen LogP contribution in [0.15, 0.2) is 0 Å². The van der Waals surface area contributed by atoms with Gasteiger partial charge in [-0.1, -0.05) is 20.8 Å². The van der Waals surface area contributed by atoms with Crippen LogP contribution in [0.4, 0.5) is 0 Å². The van der Waals surface area contributed by atoms with Crippen molar-refractivity contribution < 1.29 is 9.53 Å². The molecule has 126 valence electrons. The maximum atomic E-state index is 12.2. The van der Waals surface area contributed by atoms with Gasteiger partial charge in [0.05, 0.1) is 6.61 Å². The Labute approximate surface area is 131 Å². The van der Waals surface area contributed by atoms with Gasteiger partial charge in [-0.15, -0.1) is 0 Å². The van der Waals surface area contributed by atoms with E-state index in [0.717, 1.165) is 32.5 Å². The molecule has 0 radical (unpaired) electrons. The van der Waals surface area contributed by atoms with Gasteiger partial charge in [0, 0.05) is 12.6 Å². The Morgan fingerprint density at radius 1 is 1.24 bits per heavy atom. The Kier molecular flexibility index (Phi) is 9.88. The zero-order valence-corrected chi connectivity index (χ0v) is 15.2. The summed E-state index contributed by atoms with van der Waals surface area (Å²) in [5.74, 6) is 0.542. The molecule has 4 nitrogen and oxygen atoms in total. The minimum Gasteiger partial charge on any atom is -0.465 e. The first-order chi connectivity index (χ1) is 9.75. The summed E-state index contributed by atoms with van der Waals surface area (Å²) in [6, 6.07) is 0.261. The summed E-state index contributed by atoms with van der Waals surface area (Å²) in [6.45, 7) is 18.3. The molecule has 0 spiro atoms. The Morgan fingerprint density at radius 2 is 1.86 bits per heavy atom. The van der Waals surface area contributed by atoms with Crippen LogP contribution in [-0.2, 0) is 9.53 Å². The number of esters is 1. The van der Waals surface area contributed by atoms with Crippen LogP contribution in [0.1, 0.15) is 61.3 Å². The molecule has 0 amide bonds. The van der Waals surface area contributed by atoms with E-state index in [9.17, 15) is 4.79 Å². The number of carbonyl (C=O) groups excluding carboxylic acids is 1. The van der Waals surface area contributed by atoms with E-state index in [0.29, 0.717) is 12.5 Å². The van der Waals surface area contributed by atoms with Crippen LogP contribution in [0.3, 0.4) is 0 Å². The van der Waals surface area contributed by atoms with Crippen LogP contribution >= 0.6 is 0 Å². The molecule has 0 aliphatic heterocycles. The van der Waals surface area contributed by atoms with Crippen molar-refractivity contribution in [1.82, 2.24) is 10.2 Å².